The summed E-state index contributed by atoms with van der Waals surface area (Å²) in [5.41, 5.74) is 6.47. The highest BCUT2D eigenvalue weighted by Crippen LogP contribution is 2.38. The number of aromatic nitrogens is 2. The summed E-state index contributed by atoms with van der Waals surface area (Å²) in [6.45, 7) is 3.60. The number of aromatic amines is 1. The molecule has 0 radical (unpaired) electrons. The van der Waals surface area contributed by atoms with E-state index in [1.807, 2.05) is 18.2 Å². The molecule has 6 nitrogen and oxygen atoms in total. The first kappa shape index (κ1) is 23.9. The molecule has 0 aliphatic heterocycles. The van der Waals surface area contributed by atoms with Crippen LogP contribution in [0.4, 0.5) is 0 Å². The molecule has 36 heavy (non-hydrogen) atoms. The zero-order chi connectivity index (χ0) is 25.3. The van der Waals surface area contributed by atoms with Crippen LogP contribution in [0.2, 0.25) is 0 Å². The third kappa shape index (κ3) is 4.94. The number of aliphatic carboxylic acids is 1. The number of carbonyl (C=O) groups is 1. The Morgan fingerprint density at radius 3 is 2.17 bits per heavy atom. The molecule has 0 saturated heterocycles. The van der Waals surface area contributed by atoms with Crippen LogP contribution >= 0.6 is 0 Å². The molecule has 0 amide bonds. The summed E-state index contributed by atoms with van der Waals surface area (Å²) in [5.74, 6) is 0.956. The van der Waals surface area contributed by atoms with Gasteiger partial charge in [-0.1, -0.05) is 59.8 Å². The van der Waals surface area contributed by atoms with E-state index < -0.39 is 11.5 Å². The Morgan fingerprint density at radius 2 is 1.56 bits per heavy atom. The van der Waals surface area contributed by atoms with Crippen molar-refractivity contribution >= 4 is 17.0 Å². The van der Waals surface area contributed by atoms with Gasteiger partial charge in [-0.15, -0.1) is 4.91 Å². The van der Waals surface area contributed by atoms with E-state index in [0.29, 0.717) is 18.3 Å². The van der Waals surface area contributed by atoms with Crippen molar-refractivity contribution in [3.8, 4) is 22.5 Å². The topological polar surface area (TPSA) is 95.4 Å². The Balaban J connectivity index is 1.28. The van der Waals surface area contributed by atoms with Crippen LogP contribution in [0, 0.1) is 10.8 Å². The Morgan fingerprint density at radius 1 is 0.944 bits per heavy atom. The summed E-state index contributed by atoms with van der Waals surface area (Å²) in [4.78, 5) is 30.3. The average Bonchev–Trinajstić information content (AvgIpc) is 3.33. The number of H-pyrrole nitrogens is 1. The van der Waals surface area contributed by atoms with Crippen LogP contribution in [0.3, 0.4) is 0 Å². The Labute approximate surface area is 210 Å². The van der Waals surface area contributed by atoms with Gasteiger partial charge in [0.25, 0.3) is 0 Å². The summed E-state index contributed by atoms with van der Waals surface area (Å²) in [6, 6.07) is 22.9. The predicted octanol–water partition coefficient (Wildman–Crippen LogP) is 7.65. The van der Waals surface area contributed by atoms with E-state index in [9.17, 15) is 9.70 Å². The molecule has 0 bridgehead atoms. The summed E-state index contributed by atoms with van der Waals surface area (Å²) in [5, 5.41) is 12.3. The second kappa shape index (κ2) is 9.69. The van der Waals surface area contributed by atoms with Gasteiger partial charge < -0.3 is 10.1 Å². The molecule has 0 atom stereocenters. The number of nitrogens with zero attached hydrogens (tertiary/aromatic N) is 2. The second-order valence-electron chi connectivity index (χ2n) is 10.5. The number of carboxylic acid groups (broad SMARTS) is 1. The monoisotopic (exact) mass is 481 g/mol. The minimum Gasteiger partial charge on any atom is -0.481 e. The van der Waals surface area contributed by atoms with Gasteiger partial charge in [0.05, 0.1) is 11.0 Å². The summed E-state index contributed by atoms with van der Waals surface area (Å²) in [6.07, 6.45) is 4.42. The molecule has 0 unspecified atom stereocenters. The van der Waals surface area contributed by atoms with Crippen LogP contribution in [-0.4, -0.2) is 21.0 Å². The first-order valence-corrected chi connectivity index (χ1v) is 12.6. The van der Waals surface area contributed by atoms with Gasteiger partial charge in [-0.05, 0) is 85.8 Å². The molecule has 5 rings (SSSR count). The highest BCUT2D eigenvalue weighted by atomic mass is 16.4. The fourth-order valence-corrected chi connectivity index (χ4v) is 5.29. The minimum absolute atomic E-state index is 0.298. The number of hydrogen-bond donors (Lipinski definition) is 2. The van der Waals surface area contributed by atoms with Gasteiger partial charge in [0, 0.05) is 12.0 Å². The maximum Gasteiger partial charge on any atom is 0.303 e. The number of nitroso groups, excluding NO2 is 1. The van der Waals surface area contributed by atoms with E-state index in [1.54, 1.807) is 13.8 Å². The summed E-state index contributed by atoms with van der Waals surface area (Å²) < 4.78 is 0. The zero-order valence-corrected chi connectivity index (χ0v) is 20.7. The van der Waals surface area contributed by atoms with Crippen molar-refractivity contribution < 1.29 is 9.90 Å². The van der Waals surface area contributed by atoms with Crippen LogP contribution in [0.1, 0.15) is 63.0 Å². The van der Waals surface area contributed by atoms with Gasteiger partial charge in [0.1, 0.15) is 11.4 Å². The number of benzene rings is 3. The van der Waals surface area contributed by atoms with E-state index in [1.165, 1.54) is 11.1 Å². The lowest BCUT2D eigenvalue weighted by Gasteiger charge is -2.28. The van der Waals surface area contributed by atoms with Gasteiger partial charge in [-0.3, -0.25) is 4.79 Å². The zero-order valence-electron chi connectivity index (χ0n) is 20.7. The quantitative estimate of drug-likeness (QED) is 0.265. The Hall–Kier alpha value is -3.80. The normalized spacial score (nSPS) is 18.3. The molecular weight excluding hydrogens is 450 g/mol. The van der Waals surface area contributed by atoms with Crippen molar-refractivity contribution in [3.63, 3.8) is 0 Å². The molecule has 1 aliphatic carbocycles. The van der Waals surface area contributed by atoms with Gasteiger partial charge in [-0.2, -0.15) is 0 Å². The average molecular weight is 482 g/mol. The minimum atomic E-state index is -0.781. The van der Waals surface area contributed by atoms with Crippen LogP contribution in [0.25, 0.3) is 33.5 Å². The van der Waals surface area contributed by atoms with E-state index >= 15 is 0 Å². The lowest BCUT2D eigenvalue weighted by Crippen LogP contribution is -2.16. The first-order valence-electron chi connectivity index (χ1n) is 12.6. The standard InChI is InChI=1S/C30H31N3O3/c1-30(2,33-36)25-15-16-26-27(18-25)32-29(31-26)24-13-11-23(12-14-24)22-9-7-21(8-10-22)20-5-3-19(4-6-20)17-28(34)35/h7-16,18-20H,3-6,17H2,1-2H3,(H,31,32)(H,34,35). The van der Waals surface area contributed by atoms with Gasteiger partial charge in [0.15, 0.2) is 0 Å². The van der Waals surface area contributed by atoms with Crippen molar-refractivity contribution in [2.24, 2.45) is 11.1 Å². The van der Waals surface area contributed by atoms with Gasteiger partial charge >= 0.3 is 5.97 Å². The highest BCUT2D eigenvalue weighted by Gasteiger charge is 2.24. The molecule has 4 aromatic rings. The van der Waals surface area contributed by atoms with Crippen molar-refractivity contribution in [1.29, 1.82) is 0 Å². The molecule has 184 valence electrons. The SMILES string of the molecule is CC(C)(N=O)c1ccc2nc(-c3ccc(-c4ccc(C5CCC(CC(=O)O)CC5)cc4)cc3)[nH]c2c1. The van der Waals surface area contributed by atoms with E-state index in [2.05, 4.69) is 58.7 Å². The third-order valence-electron chi connectivity index (χ3n) is 7.60. The lowest BCUT2D eigenvalue weighted by molar-refractivity contribution is -0.138. The van der Waals surface area contributed by atoms with Crippen molar-refractivity contribution in [2.75, 3.05) is 0 Å². The smallest absolute Gasteiger partial charge is 0.303 e. The molecule has 1 saturated carbocycles. The number of carboxylic acids is 1. The predicted molar refractivity (Wildman–Crippen MR) is 143 cm³/mol. The third-order valence-corrected chi connectivity index (χ3v) is 7.60. The number of fused-ring (bicyclic) bond motifs is 1. The van der Waals surface area contributed by atoms with Crippen molar-refractivity contribution in [3.05, 3.63) is 82.8 Å². The van der Waals surface area contributed by atoms with Crippen LogP contribution in [0.5, 0.6) is 0 Å². The highest BCUT2D eigenvalue weighted by molar-refractivity contribution is 5.81. The fourth-order valence-electron chi connectivity index (χ4n) is 5.29. The Kier molecular flexibility index (Phi) is 6.44. The number of imidazole rings is 1. The molecule has 1 aromatic heterocycles. The fraction of sp³-hybridized carbons (Fsp3) is 0.333. The van der Waals surface area contributed by atoms with Crippen molar-refractivity contribution in [2.45, 2.75) is 57.4 Å². The molecule has 6 heteroatoms. The maximum atomic E-state index is 11.2. The van der Waals surface area contributed by atoms with E-state index in [-0.39, 0.29) is 0 Å². The number of nitrogens with one attached hydrogen (secondary N) is 1. The van der Waals surface area contributed by atoms with Crippen molar-refractivity contribution in [1.82, 2.24) is 9.97 Å². The second-order valence-corrected chi connectivity index (χ2v) is 10.5. The molecule has 0 spiro atoms. The largest absolute Gasteiger partial charge is 0.481 e. The molecule has 1 fully saturated rings. The summed E-state index contributed by atoms with van der Waals surface area (Å²) in [7, 11) is 0. The summed E-state index contributed by atoms with van der Waals surface area (Å²) >= 11 is 0. The maximum absolute atomic E-state index is 11.2. The number of rotatable bonds is 7. The van der Waals surface area contributed by atoms with Crippen LogP contribution in [0.15, 0.2) is 71.9 Å². The molecule has 1 heterocycles. The molecule has 3 aromatic carbocycles. The van der Waals surface area contributed by atoms with E-state index in [0.717, 1.165) is 59.2 Å². The molecule has 1 aliphatic rings. The lowest BCUT2D eigenvalue weighted by atomic mass is 9.77. The van der Waals surface area contributed by atoms with Gasteiger partial charge in [0.2, 0.25) is 0 Å². The van der Waals surface area contributed by atoms with Crippen LogP contribution in [-0.2, 0) is 10.3 Å². The van der Waals surface area contributed by atoms with Crippen LogP contribution < -0.4 is 0 Å². The Bertz CT molecular complexity index is 1380. The van der Waals surface area contributed by atoms with Gasteiger partial charge in [-0.25, -0.2) is 4.98 Å². The molecular formula is C30H31N3O3. The van der Waals surface area contributed by atoms with E-state index in [4.69, 9.17) is 10.1 Å². The number of hydrogen-bond acceptors (Lipinski definition) is 4. The molecule has 2 N–H and O–H groups in total. The first-order chi connectivity index (χ1) is 17.3.